The fourth-order valence-electron chi connectivity index (χ4n) is 9.45. The zero-order valence-electron chi connectivity index (χ0n) is 32.5. The van der Waals surface area contributed by atoms with Crippen LogP contribution < -0.4 is 0 Å². The Hall–Kier alpha value is -7.63. The van der Waals surface area contributed by atoms with Gasteiger partial charge in [0.25, 0.3) is 0 Å². The number of furan rings is 1. The van der Waals surface area contributed by atoms with Gasteiger partial charge in [-0.15, -0.1) is 0 Å². The van der Waals surface area contributed by atoms with Crippen LogP contribution in [0.5, 0.6) is 0 Å². The van der Waals surface area contributed by atoms with E-state index in [9.17, 15) is 0 Å². The van der Waals surface area contributed by atoms with Crippen LogP contribution in [0.4, 0.5) is 0 Å². The van der Waals surface area contributed by atoms with Gasteiger partial charge in [0, 0.05) is 38.3 Å². The minimum absolute atomic E-state index is 0.141. The van der Waals surface area contributed by atoms with Crippen molar-refractivity contribution >= 4 is 43.7 Å². The number of para-hydroxylation sites is 2. The van der Waals surface area contributed by atoms with Gasteiger partial charge in [0.1, 0.15) is 11.2 Å². The van der Waals surface area contributed by atoms with Crippen LogP contribution in [0.25, 0.3) is 106 Å². The third-order valence-electron chi connectivity index (χ3n) is 12.3. The van der Waals surface area contributed by atoms with Gasteiger partial charge in [-0.05, 0) is 52.1 Å². The van der Waals surface area contributed by atoms with Crippen LogP contribution in [0.3, 0.4) is 0 Å². The second-order valence-electron chi connectivity index (χ2n) is 16.0. The van der Waals surface area contributed by atoms with Gasteiger partial charge in [0.15, 0.2) is 17.5 Å². The second-order valence-corrected chi connectivity index (χ2v) is 16.0. The van der Waals surface area contributed by atoms with Gasteiger partial charge in [0.05, 0.1) is 27.7 Å². The molecule has 278 valence electrons. The lowest BCUT2D eigenvalue weighted by atomic mass is 9.82. The molecule has 1 aliphatic carbocycles. The molecule has 0 aliphatic heterocycles. The van der Waals surface area contributed by atoms with Crippen molar-refractivity contribution in [2.24, 2.45) is 0 Å². The van der Waals surface area contributed by atoms with Crippen LogP contribution >= 0.6 is 0 Å². The number of fused-ring (bicyclic) bond motifs is 10. The van der Waals surface area contributed by atoms with Gasteiger partial charge >= 0.3 is 0 Å². The number of rotatable bonds is 5. The maximum absolute atomic E-state index is 6.92. The van der Waals surface area contributed by atoms with E-state index in [1.54, 1.807) is 0 Å². The Balaban J connectivity index is 1.13. The molecule has 11 aromatic rings. The average Bonchev–Trinajstić information content (AvgIpc) is 3.93. The quantitative estimate of drug-likeness (QED) is 0.175. The van der Waals surface area contributed by atoms with Crippen molar-refractivity contribution in [3.63, 3.8) is 0 Å². The first-order valence-electron chi connectivity index (χ1n) is 20.1. The van der Waals surface area contributed by atoms with Crippen molar-refractivity contribution < 1.29 is 4.42 Å². The first-order valence-corrected chi connectivity index (χ1v) is 20.1. The lowest BCUT2D eigenvalue weighted by Gasteiger charge is -2.21. The molecule has 0 spiro atoms. The van der Waals surface area contributed by atoms with Gasteiger partial charge in [0.2, 0.25) is 0 Å². The lowest BCUT2D eigenvalue weighted by molar-refractivity contribution is 0.661. The molecule has 0 bridgehead atoms. The molecule has 0 atom stereocenters. The molecule has 0 amide bonds. The van der Waals surface area contributed by atoms with Crippen LogP contribution in [0.2, 0.25) is 0 Å². The zero-order chi connectivity index (χ0) is 39.2. The van der Waals surface area contributed by atoms with Gasteiger partial charge in [-0.2, -0.15) is 0 Å². The van der Waals surface area contributed by atoms with Gasteiger partial charge in [-0.1, -0.05) is 172 Å². The first-order chi connectivity index (χ1) is 29.0. The summed E-state index contributed by atoms with van der Waals surface area (Å²) in [5.41, 5.74) is 15.0. The number of hydrogen-bond acceptors (Lipinski definition) is 4. The van der Waals surface area contributed by atoms with Crippen molar-refractivity contribution in [2.45, 2.75) is 19.3 Å². The van der Waals surface area contributed by atoms with Crippen LogP contribution in [0, 0.1) is 0 Å². The summed E-state index contributed by atoms with van der Waals surface area (Å²) in [5.74, 6) is 1.75. The molecule has 59 heavy (non-hydrogen) atoms. The van der Waals surface area contributed by atoms with E-state index in [1.807, 2.05) is 48.5 Å². The summed E-state index contributed by atoms with van der Waals surface area (Å²) >= 11 is 0. The minimum Gasteiger partial charge on any atom is -0.455 e. The van der Waals surface area contributed by atoms with Crippen molar-refractivity contribution in [1.82, 2.24) is 19.5 Å². The monoisotopic (exact) mass is 756 g/mol. The van der Waals surface area contributed by atoms with Gasteiger partial charge in [-0.3, -0.25) is 0 Å². The van der Waals surface area contributed by atoms with Crippen molar-refractivity contribution in [1.29, 1.82) is 0 Å². The summed E-state index contributed by atoms with van der Waals surface area (Å²) in [7, 11) is 0. The number of benzene rings is 8. The molecule has 1 aliphatic rings. The van der Waals surface area contributed by atoms with E-state index in [0.717, 1.165) is 61.0 Å². The van der Waals surface area contributed by atoms with Crippen molar-refractivity contribution in [3.05, 3.63) is 193 Å². The summed E-state index contributed by atoms with van der Waals surface area (Å²) in [6, 6.07) is 64.0. The largest absolute Gasteiger partial charge is 0.455 e. The minimum atomic E-state index is -0.141. The highest BCUT2D eigenvalue weighted by Gasteiger charge is 2.38. The Morgan fingerprint density at radius 2 is 1.03 bits per heavy atom. The Kier molecular flexibility index (Phi) is 7.20. The number of nitrogens with zero attached hydrogens (tertiary/aromatic N) is 4. The smallest absolute Gasteiger partial charge is 0.167 e. The van der Waals surface area contributed by atoms with E-state index in [1.165, 1.54) is 38.5 Å². The van der Waals surface area contributed by atoms with E-state index in [0.29, 0.717) is 17.5 Å². The van der Waals surface area contributed by atoms with Gasteiger partial charge < -0.3 is 8.98 Å². The summed E-state index contributed by atoms with van der Waals surface area (Å²) in [6.07, 6.45) is 0. The molecule has 0 fully saturated rings. The topological polar surface area (TPSA) is 56.7 Å². The molecule has 0 saturated carbocycles. The summed E-state index contributed by atoms with van der Waals surface area (Å²) < 4.78 is 9.40. The summed E-state index contributed by atoms with van der Waals surface area (Å²) in [5, 5.41) is 4.49. The highest BCUT2D eigenvalue weighted by atomic mass is 16.3. The third kappa shape index (κ3) is 5.01. The van der Waals surface area contributed by atoms with E-state index in [-0.39, 0.29) is 5.41 Å². The highest BCUT2D eigenvalue weighted by Crippen LogP contribution is 2.53. The molecule has 5 heteroatoms. The van der Waals surface area contributed by atoms with E-state index in [4.69, 9.17) is 19.4 Å². The first kappa shape index (κ1) is 33.5. The SMILES string of the molecule is CC1(C)c2ccccc2-c2c1ccc1c3ccccc3n(-c3ccc(-c4nc(-c5ccccc5)nc(-c5ccc(-c6ccccc6)cc5)n4)c4oc5ccccc5c34)c21. The summed E-state index contributed by atoms with van der Waals surface area (Å²) in [4.78, 5) is 15.4. The predicted octanol–water partition coefficient (Wildman–Crippen LogP) is 13.8. The molecule has 0 saturated heterocycles. The second kappa shape index (κ2) is 12.7. The molecular weight excluding hydrogens is 721 g/mol. The Labute approximate surface area is 340 Å². The lowest BCUT2D eigenvalue weighted by Crippen LogP contribution is -2.14. The third-order valence-corrected chi connectivity index (χ3v) is 12.3. The molecule has 0 N–H and O–H groups in total. The van der Waals surface area contributed by atoms with Crippen LogP contribution in [0.1, 0.15) is 25.0 Å². The molecule has 5 nitrogen and oxygen atoms in total. The molecule has 0 unspecified atom stereocenters. The fourth-order valence-corrected chi connectivity index (χ4v) is 9.45. The Bertz CT molecular complexity index is 3450. The maximum Gasteiger partial charge on any atom is 0.167 e. The predicted molar refractivity (Wildman–Crippen MR) is 241 cm³/mol. The maximum atomic E-state index is 6.92. The Morgan fingerprint density at radius 1 is 0.441 bits per heavy atom. The Morgan fingerprint density at radius 3 is 1.81 bits per heavy atom. The molecule has 8 aromatic carbocycles. The number of aromatic nitrogens is 4. The standard InChI is InChI=1S/C54H36N4O/c1-54(2)42-22-12-9-20-39(42)47-43(54)31-29-38-37-19-10-13-23-44(37)58(49(38)47)45-32-30-41(50-48(45)40-21-11-14-24-46(40)59-50)53-56-51(35-17-7-4-8-18-35)55-52(57-53)36-27-25-34(26-28-36)33-15-5-3-6-16-33/h3-32H,1-2H3. The van der Waals surface area contributed by atoms with E-state index < -0.39 is 0 Å². The van der Waals surface area contributed by atoms with E-state index >= 15 is 0 Å². The highest BCUT2D eigenvalue weighted by molar-refractivity contribution is 6.19. The average molecular weight is 757 g/mol. The number of hydrogen-bond donors (Lipinski definition) is 0. The van der Waals surface area contributed by atoms with Crippen molar-refractivity contribution in [3.8, 4) is 62.1 Å². The molecule has 0 radical (unpaired) electrons. The zero-order valence-corrected chi connectivity index (χ0v) is 32.5. The van der Waals surface area contributed by atoms with E-state index in [2.05, 4.69) is 152 Å². The fraction of sp³-hybridized carbons (Fsp3) is 0.0556. The van der Waals surface area contributed by atoms with Crippen molar-refractivity contribution in [2.75, 3.05) is 0 Å². The molecule has 3 aromatic heterocycles. The molecule has 3 heterocycles. The van der Waals surface area contributed by atoms with Gasteiger partial charge in [-0.25, -0.2) is 15.0 Å². The van der Waals surface area contributed by atoms with Crippen LogP contribution in [-0.2, 0) is 5.41 Å². The van der Waals surface area contributed by atoms with Crippen LogP contribution in [-0.4, -0.2) is 19.5 Å². The summed E-state index contributed by atoms with van der Waals surface area (Å²) in [6.45, 7) is 4.69. The van der Waals surface area contributed by atoms with Crippen LogP contribution in [0.15, 0.2) is 186 Å². The molecule has 12 rings (SSSR count). The molecular formula is C54H36N4O. The normalized spacial score (nSPS) is 13.1.